The Kier molecular flexibility index (Phi) is 6.26. The Balaban J connectivity index is 1.71. The zero-order valence-electron chi connectivity index (χ0n) is 15.3. The first-order valence-corrected chi connectivity index (χ1v) is 10.3. The number of benzene rings is 2. The second kappa shape index (κ2) is 8.65. The lowest BCUT2D eigenvalue weighted by Gasteiger charge is -2.26. The predicted octanol–water partition coefficient (Wildman–Crippen LogP) is 2.42. The molecule has 0 spiro atoms. The molecule has 1 heterocycles. The van der Waals surface area contributed by atoms with Gasteiger partial charge in [-0.3, -0.25) is 0 Å². The van der Waals surface area contributed by atoms with Crippen LogP contribution in [0.4, 0.5) is 0 Å². The minimum Gasteiger partial charge on any atom is -0.462 e. The summed E-state index contributed by atoms with van der Waals surface area (Å²) in [5, 5.41) is 0. The van der Waals surface area contributed by atoms with Gasteiger partial charge in [-0.2, -0.15) is 4.31 Å². The Morgan fingerprint density at radius 1 is 1.11 bits per heavy atom. The van der Waals surface area contributed by atoms with E-state index < -0.39 is 16.0 Å². The molecule has 2 aromatic carbocycles. The number of aryl methyl sites for hydroxylation is 1. The van der Waals surface area contributed by atoms with Crippen LogP contribution in [0.2, 0.25) is 0 Å². The molecule has 0 saturated carbocycles. The van der Waals surface area contributed by atoms with Gasteiger partial charge < -0.3 is 9.47 Å². The van der Waals surface area contributed by atoms with Gasteiger partial charge in [0.25, 0.3) is 0 Å². The van der Waals surface area contributed by atoms with Crippen LogP contribution in [0.5, 0.6) is 0 Å². The Morgan fingerprint density at radius 3 is 2.52 bits per heavy atom. The molecular formula is C20H23NO5S. The summed E-state index contributed by atoms with van der Waals surface area (Å²) < 4.78 is 37.7. The van der Waals surface area contributed by atoms with Gasteiger partial charge in [0, 0.05) is 19.5 Å². The number of carbonyl (C=O) groups excluding carboxylic acids is 1. The number of esters is 1. The Morgan fingerprint density at radius 2 is 1.81 bits per heavy atom. The quantitative estimate of drug-likeness (QED) is 0.710. The fraction of sp³-hybridized carbons (Fsp3) is 0.350. The highest BCUT2D eigenvalue weighted by molar-refractivity contribution is 7.89. The van der Waals surface area contributed by atoms with Gasteiger partial charge in [0.15, 0.2) is 0 Å². The van der Waals surface area contributed by atoms with Crippen molar-refractivity contribution >= 4 is 16.0 Å². The average molecular weight is 389 g/mol. The molecule has 1 aliphatic heterocycles. The third kappa shape index (κ3) is 4.74. The van der Waals surface area contributed by atoms with Gasteiger partial charge in [0.05, 0.1) is 30.3 Å². The molecule has 0 atom stereocenters. The largest absolute Gasteiger partial charge is 0.462 e. The zero-order chi connectivity index (χ0) is 19.3. The van der Waals surface area contributed by atoms with Crippen LogP contribution in [0.25, 0.3) is 0 Å². The van der Waals surface area contributed by atoms with Crippen LogP contribution in [0.3, 0.4) is 0 Å². The van der Waals surface area contributed by atoms with Crippen LogP contribution < -0.4 is 0 Å². The third-order valence-electron chi connectivity index (χ3n) is 4.48. The van der Waals surface area contributed by atoms with E-state index in [9.17, 15) is 13.2 Å². The second-order valence-corrected chi connectivity index (χ2v) is 8.27. The minimum absolute atomic E-state index is 0.141. The van der Waals surface area contributed by atoms with E-state index in [0.717, 1.165) is 5.56 Å². The predicted molar refractivity (Wildman–Crippen MR) is 101 cm³/mol. The Labute approximate surface area is 159 Å². The number of sulfonamides is 1. The first-order chi connectivity index (χ1) is 13.0. The second-order valence-electron chi connectivity index (χ2n) is 6.37. The molecule has 0 bridgehead atoms. The summed E-state index contributed by atoms with van der Waals surface area (Å²) in [7, 11) is -3.67. The van der Waals surface area contributed by atoms with E-state index in [4.69, 9.17) is 9.47 Å². The number of hydrogen-bond donors (Lipinski definition) is 0. The van der Waals surface area contributed by atoms with Crippen LogP contribution in [0, 0.1) is 6.92 Å². The first-order valence-electron chi connectivity index (χ1n) is 8.88. The molecule has 2 aromatic rings. The van der Waals surface area contributed by atoms with Crippen molar-refractivity contribution in [1.82, 2.24) is 4.31 Å². The van der Waals surface area contributed by atoms with Crippen molar-refractivity contribution in [2.24, 2.45) is 0 Å². The first kappa shape index (κ1) is 19.5. The molecule has 0 aliphatic carbocycles. The number of rotatable bonds is 6. The van der Waals surface area contributed by atoms with Crippen LogP contribution in [-0.2, 0) is 25.9 Å². The van der Waals surface area contributed by atoms with Gasteiger partial charge in [-0.05, 0) is 30.2 Å². The van der Waals surface area contributed by atoms with E-state index in [-0.39, 0.29) is 17.1 Å². The van der Waals surface area contributed by atoms with Crippen molar-refractivity contribution in [2.75, 3.05) is 32.9 Å². The monoisotopic (exact) mass is 389 g/mol. The number of hydrogen-bond acceptors (Lipinski definition) is 5. The molecule has 1 aliphatic rings. The minimum atomic E-state index is -3.67. The van der Waals surface area contributed by atoms with E-state index in [0.29, 0.717) is 38.3 Å². The highest BCUT2D eigenvalue weighted by Gasteiger charge is 2.28. The lowest BCUT2D eigenvalue weighted by molar-refractivity contribution is 0.0509. The number of morpholine rings is 1. The van der Waals surface area contributed by atoms with Gasteiger partial charge in [-0.25, -0.2) is 13.2 Å². The van der Waals surface area contributed by atoms with Gasteiger partial charge >= 0.3 is 5.97 Å². The maximum absolute atomic E-state index is 12.9. The van der Waals surface area contributed by atoms with Crippen molar-refractivity contribution in [3.8, 4) is 0 Å². The van der Waals surface area contributed by atoms with Crippen molar-refractivity contribution in [1.29, 1.82) is 0 Å². The van der Waals surface area contributed by atoms with Crippen LogP contribution in [-0.4, -0.2) is 51.6 Å². The Hall–Kier alpha value is -2.22. The summed E-state index contributed by atoms with van der Waals surface area (Å²) in [6.07, 6.45) is 0.609. The van der Waals surface area contributed by atoms with E-state index >= 15 is 0 Å². The van der Waals surface area contributed by atoms with E-state index in [1.807, 2.05) is 30.3 Å². The molecule has 0 unspecified atom stereocenters. The summed E-state index contributed by atoms with van der Waals surface area (Å²) in [5.41, 5.74) is 1.91. The summed E-state index contributed by atoms with van der Waals surface area (Å²) in [4.78, 5) is 12.5. The fourth-order valence-electron chi connectivity index (χ4n) is 2.92. The van der Waals surface area contributed by atoms with E-state index in [1.165, 1.54) is 10.4 Å². The molecule has 0 aromatic heterocycles. The van der Waals surface area contributed by atoms with Crippen molar-refractivity contribution in [3.05, 3.63) is 65.2 Å². The smallest absolute Gasteiger partial charge is 0.338 e. The van der Waals surface area contributed by atoms with Crippen molar-refractivity contribution in [2.45, 2.75) is 18.2 Å². The molecule has 0 radical (unpaired) electrons. The molecule has 144 valence electrons. The third-order valence-corrected chi connectivity index (χ3v) is 6.52. The average Bonchev–Trinajstić information content (AvgIpc) is 2.69. The molecule has 7 heteroatoms. The molecule has 6 nitrogen and oxygen atoms in total. The number of ether oxygens (including phenoxy) is 2. The molecule has 27 heavy (non-hydrogen) atoms. The molecule has 1 saturated heterocycles. The highest BCUT2D eigenvalue weighted by Crippen LogP contribution is 2.22. The zero-order valence-corrected chi connectivity index (χ0v) is 16.1. The maximum Gasteiger partial charge on any atom is 0.338 e. The van der Waals surface area contributed by atoms with Crippen LogP contribution in [0.15, 0.2) is 53.4 Å². The summed E-state index contributed by atoms with van der Waals surface area (Å²) in [6, 6.07) is 14.4. The standard InChI is InChI=1S/C20H23NO5S/c1-16-7-8-18(20(22)26-12-9-17-5-3-2-4-6-17)15-19(16)27(23,24)21-10-13-25-14-11-21/h2-8,15H,9-14H2,1H3. The lowest BCUT2D eigenvalue weighted by atomic mass is 10.1. The number of nitrogens with zero attached hydrogens (tertiary/aromatic N) is 1. The molecule has 0 amide bonds. The van der Waals surface area contributed by atoms with E-state index in [2.05, 4.69) is 0 Å². The summed E-state index contributed by atoms with van der Waals surface area (Å²) in [6.45, 7) is 3.33. The summed E-state index contributed by atoms with van der Waals surface area (Å²) in [5.74, 6) is -0.524. The fourth-order valence-corrected chi connectivity index (χ4v) is 4.58. The Bertz CT molecular complexity index is 890. The van der Waals surface area contributed by atoms with Crippen molar-refractivity contribution < 1.29 is 22.7 Å². The topological polar surface area (TPSA) is 72.9 Å². The van der Waals surface area contributed by atoms with Crippen molar-refractivity contribution in [3.63, 3.8) is 0 Å². The van der Waals surface area contributed by atoms with Gasteiger partial charge in [0.2, 0.25) is 10.0 Å². The van der Waals surface area contributed by atoms with Crippen LogP contribution in [0.1, 0.15) is 21.5 Å². The molecule has 0 N–H and O–H groups in total. The highest BCUT2D eigenvalue weighted by atomic mass is 32.2. The normalized spacial score (nSPS) is 15.4. The maximum atomic E-state index is 12.9. The van der Waals surface area contributed by atoms with Gasteiger partial charge in [0.1, 0.15) is 0 Å². The van der Waals surface area contributed by atoms with Gasteiger partial charge in [-0.1, -0.05) is 36.4 Å². The molecule has 3 rings (SSSR count). The SMILES string of the molecule is Cc1ccc(C(=O)OCCc2ccccc2)cc1S(=O)(=O)N1CCOCC1. The van der Waals surface area contributed by atoms with Gasteiger partial charge in [-0.15, -0.1) is 0 Å². The number of carbonyl (C=O) groups is 1. The van der Waals surface area contributed by atoms with E-state index in [1.54, 1.807) is 19.1 Å². The summed E-state index contributed by atoms with van der Waals surface area (Å²) >= 11 is 0. The molecular weight excluding hydrogens is 366 g/mol. The van der Waals surface area contributed by atoms with Crippen LogP contribution >= 0.6 is 0 Å². The molecule has 1 fully saturated rings. The lowest BCUT2D eigenvalue weighted by Crippen LogP contribution is -2.40.